The molecule has 3 aromatic rings. The van der Waals surface area contributed by atoms with Gasteiger partial charge in [-0.1, -0.05) is 43.9 Å². The molecule has 0 atom stereocenters. The summed E-state index contributed by atoms with van der Waals surface area (Å²) < 4.78 is 34.6. The maximum Gasteiger partial charge on any atom is 0.261 e. The Morgan fingerprint density at radius 3 is 2.61 bits per heavy atom. The fraction of sp³-hybridized carbons (Fsp3) is 0.417. The first-order chi connectivity index (χ1) is 15.9. The zero-order valence-corrected chi connectivity index (χ0v) is 20.3. The van der Waals surface area contributed by atoms with Crippen LogP contribution in [-0.2, 0) is 14.8 Å². The lowest BCUT2D eigenvalue weighted by Gasteiger charge is -2.19. The van der Waals surface area contributed by atoms with E-state index in [-0.39, 0.29) is 16.7 Å². The largest absolute Gasteiger partial charge is 0.494 e. The molecule has 1 saturated carbocycles. The zero-order valence-electron chi connectivity index (χ0n) is 18.7. The van der Waals surface area contributed by atoms with Gasteiger partial charge < -0.3 is 10.1 Å². The first kappa shape index (κ1) is 23.5. The van der Waals surface area contributed by atoms with Gasteiger partial charge >= 0.3 is 0 Å². The molecule has 2 N–H and O–H groups in total. The van der Waals surface area contributed by atoms with Crippen LogP contribution in [0.2, 0.25) is 0 Å². The fourth-order valence-corrected chi connectivity index (χ4v) is 5.83. The van der Waals surface area contributed by atoms with E-state index in [9.17, 15) is 13.2 Å². The third-order valence-corrected chi connectivity index (χ3v) is 8.08. The Bertz CT molecular complexity index is 1200. The van der Waals surface area contributed by atoms with Gasteiger partial charge in [0, 0.05) is 5.92 Å². The third kappa shape index (κ3) is 6.03. The summed E-state index contributed by atoms with van der Waals surface area (Å²) in [5.74, 6) is 0.727. The summed E-state index contributed by atoms with van der Waals surface area (Å²) in [7, 11) is -3.74. The van der Waals surface area contributed by atoms with Gasteiger partial charge in [0.15, 0.2) is 5.13 Å². The Labute approximate surface area is 198 Å². The molecule has 1 aromatic heterocycles. The average molecular weight is 488 g/mol. The number of thiazole rings is 1. The van der Waals surface area contributed by atoms with E-state index >= 15 is 0 Å². The van der Waals surface area contributed by atoms with Crippen molar-refractivity contribution in [2.45, 2.75) is 56.8 Å². The highest BCUT2D eigenvalue weighted by Gasteiger charge is 2.22. The predicted molar refractivity (Wildman–Crippen MR) is 132 cm³/mol. The van der Waals surface area contributed by atoms with Crippen molar-refractivity contribution in [2.24, 2.45) is 5.92 Å². The molecule has 4 rings (SSSR count). The molecule has 176 valence electrons. The molecule has 0 aliphatic heterocycles. The molecule has 0 radical (unpaired) electrons. The molecule has 1 aliphatic carbocycles. The lowest BCUT2D eigenvalue weighted by Crippen LogP contribution is -2.24. The van der Waals surface area contributed by atoms with Crippen LogP contribution in [0.15, 0.2) is 47.4 Å². The number of fused-ring (bicyclic) bond motifs is 1. The second-order valence-corrected chi connectivity index (χ2v) is 11.0. The van der Waals surface area contributed by atoms with Gasteiger partial charge in [0.1, 0.15) is 5.75 Å². The van der Waals surface area contributed by atoms with Crippen molar-refractivity contribution in [3.63, 3.8) is 0 Å². The minimum atomic E-state index is -3.74. The van der Waals surface area contributed by atoms with E-state index in [0.717, 1.165) is 48.7 Å². The lowest BCUT2D eigenvalue weighted by atomic mass is 9.89. The van der Waals surface area contributed by atoms with E-state index in [0.29, 0.717) is 23.2 Å². The Hall–Kier alpha value is -2.65. The number of rotatable bonds is 9. The summed E-state index contributed by atoms with van der Waals surface area (Å²) in [6.45, 7) is 2.70. The van der Waals surface area contributed by atoms with Crippen LogP contribution in [0.5, 0.6) is 5.75 Å². The Morgan fingerprint density at radius 2 is 1.88 bits per heavy atom. The number of anilines is 2. The highest BCUT2D eigenvalue weighted by molar-refractivity contribution is 7.92. The maximum absolute atomic E-state index is 12.8. The van der Waals surface area contributed by atoms with Crippen molar-refractivity contribution in [3.8, 4) is 5.75 Å². The topological polar surface area (TPSA) is 97.4 Å². The summed E-state index contributed by atoms with van der Waals surface area (Å²) in [5.41, 5.74) is 1.16. The van der Waals surface area contributed by atoms with E-state index in [1.54, 1.807) is 30.3 Å². The van der Waals surface area contributed by atoms with Crippen molar-refractivity contribution in [1.29, 1.82) is 0 Å². The maximum atomic E-state index is 12.8. The highest BCUT2D eigenvalue weighted by Crippen LogP contribution is 2.31. The Morgan fingerprint density at radius 1 is 1.12 bits per heavy atom. The Kier molecular flexibility index (Phi) is 7.49. The van der Waals surface area contributed by atoms with Crippen LogP contribution in [-0.4, -0.2) is 25.9 Å². The van der Waals surface area contributed by atoms with E-state index in [1.807, 2.05) is 0 Å². The van der Waals surface area contributed by atoms with Crippen LogP contribution >= 0.6 is 11.3 Å². The molecule has 9 heteroatoms. The van der Waals surface area contributed by atoms with E-state index in [2.05, 4.69) is 21.9 Å². The second-order valence-electron chi connectivity index (χ2n) is 8.30. The predicted octanol–water partition coefficient (Wildman–Crippen LogP) is 5.79. The van der Waals surface area contributed by atoms with Gasteiger partial charge in [-0.05, 0) is 61.7 Å². The number of aromatic nitrogens is 1. The van der Waals surface area contributed by atoms with E-state index in [4.69, 9.17) is 4.74 Å². The summed E-state index contributed by atoms with van der Waals surface area (Å²) in [6, 6.07) is 11.6. The zero-order chi connectivity index (χ0) is 23.3. The molecular formula is C24H29N3O4S2. The molecular weight excluding hydrogens is 458 g/mol. The smallest absolute Gasteiger partial charge is 0.261 e. The van der Waals surface area contributed by atoms with Gasteiger partial charge in [-0.2, -0.15) is 0 Å². The van der Waals surface area contributed by atoms with Crippen LogP contribution in [0.4, 0.5) is 10.8 Å². The number of hydrogen-bond donors (Lipinski definition) is 2. The molecule has 1 fully saturated rings. The number of amides is 1. The number of nitrogens with one attached hydrogen (secondary N) is 2. The first-order valence-corrected chi connectivity index (χ1v) is 13.7. The van der Waals surface area contributed by atoms with Gasteiger partial charge in [0.2, 0.25) is 5.91 Å². The van der Waals surface area contributed by atoms with Crippen LogP contribution in [0.1, 0.15) is 51.9 Å². The standard InChI is InChI=1S/C24H29N3O4S2/c1-2-3-15-31-19-10-12-20(13-11-19)33(29,30)27-18-9-14-21-22(16-18)32-24(25-21)26-23(28)17-7-5-4-6-8-17/h9-14,16-17,27H,2-8,15H2,1H3,(H,25,26,28). The number of unbranched alkanes of at least 4 members (excludes halogenated alkanes) is 1. The van der Waals surface area contributed by atoms with Gasteiger partial charge in [-0.3, -0.25) is 9.52 Å². The molecule has 7 nitrogen and oxygen atoms in total. The van der Waals surface area contributed by atoms with Crippen molar-refractivity contribution < 1.29 is 17.9 Å². The van der Waals surface area contributed by atoms with Crippen LogP contribution in [0.25, 0.3) is 10.2 Å². The van der Waals surface area contributed by atoms with E-state index in [1.165, 1.54) is 29.9 Å². The summed E-state index contributed by atoms with van der Waals surface area (Å²) >= 11 is 1.34. The van der Waals surface area contributed by atoms with Crippen molar-refractivity contribution in [2.75, 3.05) is 16.6 Å². The van der Waals surface area contributed by atoms with Gasteiger partial charge in [-0.25, -0.2) is 13.4 Å². The Balaban J connectivity index is 1.43. The molecule has 0 saturated heterocycles. The molecule has 1 aliphatic rings. The highest BCUT2D eigenvalue weighted by atomic mass is 32.2. The fourth-order valence-electron chi connectivity index (χ4n) is 3.88. The van der Waals surface area contributed by atoms with Crippen molar-refractivity contribution in [1.82, 2.24) is 4.98 Å². The quantitative estimate of drug-likeness (QED) is 0.372. The summed E-state index contributed by atoms with van der Waals surface area (Å²) in [6.07, 6.45) is 7.22. The van der Waals surface area contributed by atoms with Gasteiger partial charge in [-0.15, -0.1) is 0 Å². The van der Waals surface area contributed by atoms with Gasteiger partial charge in [0.05, 0.1) is 27.4 Å². The van der Waals surface area contributed by atoms with E-state index < -0.39 is 10.0 Å². The molecule has 1 amide bonds. The third-order valence-electron chi connectivity index (χ3n) is 5.75. The number of hydrogen-bond acceptors (Lipinski definition) is 6. The first-order valence-electron chi connectivity index (χ1n) is 11.4. The molecule has 33 heavy (non-hydrogen) atoms. The van der Waals surface area contributed by atoms with Crippen LogP contribution < -0.4 is 14.8 Å². The average Bonchev–Trinajstić information content (AvgIpc) is 3.21. The minimum absolute atomic E-state index is 0.0248. The molecule has 0 spiro atoms. The van der Waals surface area contributed by atoms with Crippen LogP contribution in [0.3, 0.4) is 0 Å². The monoisotopic (exact) mass is 487 g/mol. The van der Waals surface area contributed by atoms with Gasteiger partial charge in [0.25, 0.3) is 10.0 Å². The second kappa shape index (κ2) is 10.5. The summed E-state index contributed by atoms with van der Waals surface area (Å²) in [5, 5.41) is 3.48. The molecule has 1 heterocycles. The van der Waals surface area contributed by atoms with Crippen molar-refractivity contribution in [3.05, 3.63) is 42.5 Å². The molecule has 0 unspecified atom stereocenters. The molecule has 2 aromatic carbocycles. The lowest BCUT2D eigenvalue weighted by molar-refractivity contribution is -0.120. The number of sulfonamides is 1. The minimum Gasteiger partial charge on any atom is -0.494 e. The SMILES string of the molecule is CCCCOc1ccc(S(=O)(=O)Nc2ccc3nc(NC(=O)C4CCCCC4)sc3c2)cc1. The van der Waals surface area contributed by atoms with Crippen molar-refractivity contribution >= 4 is 48.3 Å². The number of benzene rings is 2. The number of ether oxygens (including phenoxy) is 1. The normalized spacial score (nSPS) is 14.8. The summed E-state index contributed by atoms with van der Waals surface area (Å²) in [4.78, 5) is 17.1. The number of carbonyl (C=O) groups is 1. The number of carbonyl (C=O) groups excluding carboxylic acids is 1. The number of nitrogens with zero attached hydrogens (tertiary/aromatic N) is 1. The molecule has 0 bridgehead atoms. The van der Waals surface area contributed by atoms with Crippen LogP contribution in [0, 0.1) is 5.92 Å².